The summed E-state index contributed by atoms with van der Waals surface area (Å²) in [6.45, 7) is 0.347. The molecule has 1 saturated heterocycles. The Morgan fingerprint density at radius 3 is 2.03 bits per heavy atom. The molecule has 1 spiro atoms. The molecule has 0 bridgehead atoms. The molecule has 3 aromatic rings. The molecule has 3 aromatic carbocycles. The highest BCUT2D eigenvalue weighted by molar-refractivity contribution is 7.93. The highest BCUT2D eigenvalue weighted by atomic mass is 32.2. The van der Waals surface area contributed by atoms with E-state index in [1.165, 1.54) is 42.8 Å². The molecule has 0 saturated carbocycles. The maximum Gasteiger partial charge on any atom is 0.264 e. The van der Waals surface area contributed by atoms with E-state index in [1.54, 1.807) is 48.5 Å². The summed E-state index contributed by atoms with van der Waals surface area (Å²) in [5, 5.41) is -0.856. The van der Waals surface area contributed by atoms with Crippen molar-refractivity contribution in [3.05, 3.63) is 78.4 Å². The Bertz CT molecular complexity index is 1470. The third-order valence-electron chi connectivity index (χ3n) is 6.98. The average Bonchev–Trinajstić information content (AvgIpc) is 3.34. The Hall–Kier alpha value is -3.08. The first-order valence-corrected chi connectivity index (χ1v) is 14.5. The molecule has 0 N–H and O–H groups in total. The van der Waals surface area contributed by atoms with Gasteiger partial charge in [-0.3, -0.25) is 4.31 Å². The molecule has 36 heavy (non-hydrogen) atoms. The number of anilines is 1. The first-order chi connectivity index (χ1) is 17.2. The average molecular weight is 530 g/mol. The van der Waals surface area contributed by atoms with Crippen LogP contribution in [0, 0.1) is 0 Å². The number of rotatable bonds is 6. The van der Waals surface area contributed by atoms with Crippen LogP contribution in [0.4, 0.5) is 5.69 Å². The number of para-hydroxylation sites is 1. The van der Waals surface area contributed by atoms with E-state index in [1.807, 2.05) is 0 Å². The van der Waals surface area contributed by atoms with Gasteiger partial charge in [-0.1, -0.05) is 18.2 Å². The molecule has 2 aliphatic rings. The van der Waals surface area contributed by atoms with Gasteiger partial charge in [-0.05, 0) is 61.0 Å². The standard InChI is InChI=1S/C26H27NO7S2/c1-32-19-7-11-21(12-8-19)35(28,29)25-15-18-34-26(25)16-17-27(24-6-4-3-5-23(24)26)36(30,31)22-13-9-20(33-2)10-14-22/h3-14,25H,15-18H2,1-2H3. The molecule has 2 heterocycles. The molecular formula is C26H27NO7S2. The second kappa shape index (κ2) is 9.10. The molecule has 190 valence electrons. The molecule has 0 amide bonds. The van der Waals surface area contributed by atoms with Gasteiger partial charge in [0.2, 0.25) is 0 Å². The topological polar surface area (TPSA) is 99.2 Å². The monoisotopic (exact) mass is 529 g/mol. The third kappa shape index (κ3) is 3.84. The minimum Gasteiger partial charge on any atom is -0.497 e. The van der Waals surface area contributed by atoms with Crippen molar-refractivity contribution in [1.82, 2.24) is 0 Å². The van der Waals surface area contributed by atoms with Gasteiger partial charge in [-0.15, -0.1) is 0 Å². The van der Waals surface area contributed by atoms with E-state index in [2.05, 4.69) is 0 Å². The summed E-state index contributed by atoms with van der Waals surface area (Å²) in [4.78, 5) is 0.313. The lowest BCUT2D eigenvalue weighted by Crippen LogP contribution is -2.49. The van der Waals surface area contributed by atoms with Gasteiger partial charge in [-0.2, -0.15) is 0 Å². The molecular weight excluding hydrogens is 502 g/mol. The van der Waals surface area contributed by atoms with Gasteiger partial charge >= 0.3 is 0 Å². The second-order valence-electron chi connectivity index (χ2n) is 8.76. The number of fused-ring (bicyclic) bond motifs is 2. The second-order valence-corrected chi connectivity index (χ2v) is 12.7. The fourth-order valence-electron chi connectivity index (χ4n) is 5.19. The molecule has 8 nitrogen and oxygen atoms in total. The minimum atomic E-state index is -3.90. The normalized spacial score (nSPS) is 21.8. The summed E-state index contributed by atoms with van der Waals surface area (Å²) in [6.07, 6.45) is 0.521. The Labute approximate surface area is 211 Å². The van der Waals surface area contributed by atoms with Crippen molar-refractivity contribution >= 4 is 25.5 Å². The molecule has 2 unspecified atom stereocenters. The molecule has 2 aliphatic heterocycles. The van der Waals surface area contributed by atoms with Gasteiger partial charge in [0.1, 0.15) is 22.4 Å². The number of hydrogen-bond donors (Lipinski definition) is 0. The maximum atomic E-state index is 13.8. The van der Waals surface area contributed by atoms with Crippen molar-refractivity contribution < 1.29 is 31.0 Å². The Morgan fingerprint density at radius 2 is 1.42 bits per heavy atom. The number of benzene rings is 3. The quantitative estimate of drug-likeness (QED) is 0.479. The van der Waals surface area contributed by atoms with Crippen LogP contribution in [-0.4, -0.2) is 49.5 Å². The summed E-state index contributed by atoms with van der Waals surface area (Å²) in [7, 11) is -4.65. The molecule has 0 aliphatic carbocycles. The Kier molecular flexibility index (Phi) is 6.22. The predicted molar refractivity (Wildman–Crippen MR) is 135 cm³/mol. The van der Waals surface area contributed by atoms with Crippen LogP contribution in [0.15, 0.2) is 82.6 Å². The summed E-state index contributed by atoms with van der Waals surface area (Å²) in [6, 6.07) is 19.5. The van der Waals surface area contributed by atoms with Crippen molar-refractivity contribution in [3.63, 3.8) is 0 Å². The van der Waals surface area contributed by atoms with Crippen LogP contribution in [0.5, 0.6) is 11.5 Å². The van der Waals surface area contributed by atoms with Crippen LogP contribution in [0.1, 0.15) is 18.4 Å². The van der Waals surface area contributed by atoms with Gasteiger partial charge in [0.25, 0.3) is 10.0 Å². The zero-order valence-corrected chi connectivity index (χ0v) is 21.6. The zero-order chi connectivity index (χ0) is 25.6. The van der Waals surface area contributed by atoms with Crippen LogP contribution < -0.4 is 13.8 Å². The number of sulfone groups is 1. The van der Waals surface area contributed by atoms with Crippen molar-refractivity contribution in [1.29, 1.82) is 0 Å². The number of sulfonamides is 1. The minimum absolute atomic E-state index is 0.0833. The van der Waals surface area contributed by atoms with Crippen LogP contribution in [0.25, 0.3) is 0 Å². The maximum absolute atomic E-state index is 13.8. The van der Waals surface area contributed by atoms with Gasteiger partial charge in [0, 0.05) is 25.1 Å². The summed E-state index contributed by atoms with van der Waals surface area (Å²) >= 11 is 0. The number of methoxy groups -OCH3 is 2. The summed E-state index contributed by atoms with van der Waals surface area (Å²) < 4.78 is 72.8. The molecule has 0 aromatic heterocycles. The predicted octanol–water partition coefficient (Wildman–Crippen LogP) is 3.76. The van der Waals surface area contributed by atoms with Crippen LogP contribution >= 0.6 is 0 Å². The fourth-order valence-corrected chi connectivity index (χ4v) is 8.74. The van der Waals surface area contributed by atoms with Crippen molar-refractivity contribution in [2.24, 2.45) is 0 Å². The highest BCUT2D eigenvalue weighted by Crippen LogP contribution is 2.51. The first-order valence-electron chi connectivity index (χ1n) is 11.5. The van der Waals surface area contributed by atoms with E-state index >= 15 is 0 Å². The van der Waals surface area contributed by atoms with Gasteiger partial charge in [0.15, 0.2) is 9.84 Å². The molecule has 10 heteroatoms. The van der Waals surface area contributed by atoms with E-state index < -0.39 is 30.7 Å². The number of ether oxygens (including phenoxy) is 3. The summed E-state index contributed by atoms with van der Waals surface area (Å²) in [5.74, 6) is 1.12. The molecule has 2 atom stereocenters. The van der Waals surface area contributed by atoms with Gasteiger partial charge in [0.05, 0.1) is 29.7 Å². The van der Waals surface area contributed by atoms with Crippen LogP contribution in [-0.2, 0) is 30.2 Å². The lowest BCUT2D eigenvalue weighted by Gasteiger charge is -2.43. The largest absolute Gasteiger partial charge is 0.497 e. The van der Waals surface area contributed by atoms with Crippen molar-refractivity contribution in [2.75, 3.05) is 31.7 Å². The number of hydrogen-bond acceptors (Lipinski definition) is 7. The van der Waals surface area contributed by atoms with Crippen molar-refractivity contribution in [2.45, 2.75) is 33.5 Å². The summed E-state index contributed by atoms with van der Waals surface area (Å²) in [5.41, 5.74) is -0.161. The Balaban J connectivity index is 1.57. The van der Waals surface area contributed by atoms with Crippen molar-refractivity contribution in [3.8, 4) is 11.5 Å². The molecule has 1 fully saturated rings. The highest BCUT2D eigenvalue weighted by Gasteiger charge is 2.56. The van der Waals surface area contributed by atoms with Gasteiger partial charge in [-0.25, -0.2) is 16.8 Å². The third-order valence-corrected chi connectivity index (χ3v) is 11.1. The van der Waals surface area contributed by atoms with E-state index in [-0.39, 0.29) is 29.4 Å². The SMILES string of the molecule is COc1ccc(S(=O)(=O)C2CCOC23CCN(S(=O)(=O)c2ccc(OC)cc2)c2ccccc23)cc1. The lowest BCUT2D eigenvalue weighted by molar-refractivity contribution is -0.00558. The molecule has 0 radical (unpaired) electrons. The zero-order valence-electron chi connectivity index (χ0n) is 20.0. The van der Waals surface area contributed by atoms with Crippen LogP contribution in [0.3, 0.4) is 0 Å². The van der Waals surface area contributed by atoms with E-state index in [0.29, 0.717) is 29.2 Å². The van der Waals surface area contributed by atoms with E-state index in [4.69, 9.17) is 14.2 Å². The number of nitrogens with zero attached hydrogens (tertiary/aromatic N) is 1. The fraction of sp³-hybridized carbons (Fsp3) is 0.308. The van der Waals surface area contributed by atoms with E-state index in [9.17, 15) is 16.8 Å². The van der Waals surface area contributed by atoms with Crippen LogP contribution in [0.2, 0.25) is 0 Å². The van der Waals surface area contributed by atoms with Gasteiger partial charge < -0.3 is 14.2 Å². The Morgan fingerprint density at radius 1 is 0.833 bits per heavy atom. The first kappa shape index (κ1) is 24.6. The molecule has 5 rings (SSSR count). The smallest absolute Gasteiger partial charge is 0.264 e. The van der Waals surface area contributed by atoms with E-state index in [0.717, 1.165) is 0 Å². The lowest BCUT2D eigenvalue weighted by atomic mass is 9.83.